The number of hydrogen-bond donors (Lipinski definition) is 2. The Balaban J connectivity index is 1.16. The SMILES string of the molecule is O=C(/C=C/c1c[nH]c2ccccc12)N1CCC(Nc2cc(-c3ccccc3Cl)nc3c(Br)cnn23)CC1. The second-order valence-corrected chi connectivity index (χ2v) is 10.4. The monoisotopic (exact) mass is 574 g/mol. The summed E-state index contributed by atoms with van der Waals surface area (Å²) >= 11 is 10.0. The van der Waals surface area contributed by atoms with Gasteiger partial charge in [0.25, 0.3) is 0 Å². The van der Waals surface area contributed by atoms with Gasteiger partial charge in [-0.3, -0.25) is 4.79 Å². The molecular formula is C28H24BrClN6O. The predicted octanol–water partition coefficient (Wildman–Crippen LogP) is 6.41. The van der Waals surface area contributed by atoms with Crippen LogP contribution >= 0.6 is 27.5 Å². The molecule has 0 unspecified atom stereocenters. The molecule has 3 aromatic heterocycles. The minimum atomic E-state index is 0.0343. The lowest BCUT2D eigenvalue weighted by Crippen LogP contribution is -2.42. The fraction of sp³-hybridized carbons (Fsp3) is 0.179. The van der Waals surface area contributed by atoms with Crippen molar-refractivity contribution in [3.05, 3.63) is 88.1 Å². The van der Waals surface area contributed by atoms with Crippen molar-refractivity contribution in [3.8, 4) is 11.3 Å². The average molecular weight is 576 g/mol. The highest BCUT2D eigenvalue weighted by atomic mass is 79.9. The van der Waals surface area contributed by atoms with E-state index in [4.69, 9.17) is 16.6 Å². The Kier molecular flexibility index (Phi) is 6.44. The molecule has 1 saturated heterocycles. The van der Waals surface area contributed by atoms with Crippen LogP contribution in [0.1, 0.15) is 18.4 Å². The normalized spacial score (nSPS) is 14.7. The van der Waals surface area contributed by atoms with E-state index in [0.29, 0.717) is 18.1 Å². The number of amides is 1. The van der Waals surface area contributed by atoms with E-state index in [0.717, 1.165) is 56.5 Å². The van der Waals surface area contributed by atoms with Crippen molar-refractivity contribution in [2.45, 2.75) is 18.9 Å². The van der Waals surface area contributed by atoms with Gasteiger partial charge in [-0.25, -0.2) is 4.98 Å². The maximum absolute atomic E-state index is 12.9. The Morgan fingerprint density at radius 1 is 1.14 bits per heavy atom. The van der Waals surface area contributed by atoms with E-state index in [-0.39, 0.29) is 11.9 Å². The summed E-state index contributed by atoms with van der Waals surface area (Å²) in [5.74, 6) is 0.877. The number of aromatic nitrogens is 4. The van der Waals surface area contributed by atoms with Gasteiger partial charge in [0.1, 0.15) is 5.82 Å². The molecule has 186 valence electrons. The highest BCUT2D eigenvalue weighted by Gasteiger charge is 2.23. The molecule has 9 heteroatoms. The molecule has 6 rings (SSSR count). The lowest BCUT2D eigenvalue weighted by molar-refractivity contribution is -0.126. The second-order valence-electron chi connectivity index (χ2n) is 9.10. The molecule has 0 radical (unpaired) electrons. The number of nitrogens with one attached hydrogen (secondary N) is 2. The molecule has 37 heavy (non-hydrogen) atoms. The van der Waals surface area contributed by atoms with Gasteiger partial charge in [-0.05, 0) is 52.5 Å². The van der Waals surface area contributed by atoms with Gasteiger partial charge in [0, 0.05) is 59.0 Å². The van der Waals surface area contributed by atoms with E-state index in [9.17, 15) is 4.79 Å². The molecule has 0 aliphatic carbocycles. The van der Waals surface area contributed by atoms with Crippen molar-refractivity contribution in [2.24, 2.45) is 0 Å². The van der Waals surface area contributed by atoms with Crippen LogP contribution in [0.25, 0.3) is 33.9 Å². The molecule has 2 aromatic carbocycles. The maximum Gasteiger partial charge on any atom is 0.246 e. The minimum absolute atomic E-state index is 0.0343. The number of H-pyrrole nitrogens is 1. The molecule has 0 spiro atoms. The van der Waals surface area contributed by atoms with E-state index in [1.54, 1.807) is 16.8 Å². The summed E-state index contributed by atoms with van der Waals surface area (Å²) < 4.78 is 2.61. The average Bonchev–Trinajstić information content (AvgIpc) is 3.51. The third kappa shape index (κ3) is 4.74. The van der Waals surface area contributed by atoms with Crippen LogP contribution in [0, 0.1) is 0 Å². The van der Waals surface area contributed by atoms with Crippen molar-refractivity contribution >= 4 is 61.9 Å². The number of carbonyl (C=O) groups excluding carboxylic acids is 1. The number of anilines is 1. The number of aromatic amines is 1. The molecule has 7 nitrogen and oxygen atoms in total. The van der Waals surface area contributed by atoms with Crippen LogP contribution in [0.4, 0.5) is 5.82 Å². The molecular weight excluding hydrogens is 552 g/mol. The fourth-order valence-corrected chi connectivity index (χ4v) is 5.38. The van der Waals surface area contributed by atoms with E-state index < -0.39 is 0 Å². The quantitative estimate of drug-likeness (QED) is 0.237. The molecule has 0 atom stereocenters. The summed E-state index contributed by atoms with van der Waals surface area (Å²) in [6.45, 7) is 1.37. The topological polar surface area (TPSA) is 78.3 Å². The number of rotatable bonds is 5. The van der Waals surface area contributed by atoms with Crippen LogP contribution in [-0.4, -0.2) is 49.5 Å². The van der Waals surface area contributed by atoms with Crippen molar-refractivity contribution in [2.75, 3.05) is 18.4 Å². The second kappa shape index (κ2) is 10.0. The van der Waals surface area contributed by atoms with Crippen molar-refractivity contribution in [1.82, 2.24) is 24.5 Å². The van der Waals surface area contributed by atoms with Crippen LogP contribution in [0.15, 0.2) is 77.5 Å². The summed E-state index contributed by atoms with van der Waals surface area (Å²) in [5, 5.41) is 9.88. The molecule has 0 saturated carbocycles. The summed E-state index contributed by atoms with van der Waals surface area (Å²) in [6.07, 6.45) is 8.91. The number of piperidine rings is 1. The Morgan fingerprint density at radius 2 is 1.92 bits per heavy atom. The lowest BCUT2D eigenvalue weighted by atomic mass is 10.0. The summed E-state index contributed by atoms with van der Waals surface area (Å²) in [4.78, 5) is 22.8. The van der Waals surface area contributed by atoms with Gasteiger partial charge >= 0.3 is 0 Å². The molecule has 1 amide bonds. The molecule has 1 aliphatic heterocycles. The number of halogens is 2. The zero-order valence-electron chi connectivity index (χ0n) is 19.9. The summed E-state index contributed by atoms with van der Waals surface area (Å²) in [5.41, 5.74) is 4.44. The first kappa shape index (κ1) is 23.8. The first-order valence-corrected chi connectivity index (χ1v) is 13.3. The minimum Gasteiger partial charge on any atom is -0.367 e. The first-order valence-electron chi connectivity index (χ1n) is 12.2. The molecule has 1 aliphatic rings. The molecule has 1 fully saturated rings. The third-order valence-electron chi connectivity index (χ3n) is 6.76. The highest BCUT2D eigenvalue weighted by Crippen LogP contribution is 2.31. The zero-order valence-corrected chi connectivity index (χ0v) is 22.2. The van der Waals surface area contributed by atoms with Crippen LogP contribution in [-0.2, 0) is 4.79 Å². The van der Waals surface area contributed by atoms with E-state index >= 15 is 0 Å². The van der Waals surface area contributed by atoms with E-state index in [1.807, 2.05) is 65.7 Å². The van der Waals surface area contributed by atoms with Gasteiger partial charge in [-0.2, -0.15) is 9.61 Å². The Labute approximate surface area is 227 Å². The third-order valence-corrected chi connectivity index (χ3v) is 7.65. The largest absolute Gasteiger partial charge is 0.367 e. The predicted molar refractivity (Wildman–Crippen MR) is 152 cm³/mol. The fourth-order valence-electron chi connectivity index (χ4n) is 4.80. The number of benzene rings is 2. The molecule has 0 bridgehead atoms. The van der Waals surface area contributed by atoms with Crippen molar-refractivity contribution < 1.29 is 4.79 Å². The standard InChI is InChI=1S/C28H24BrClN6O/c29-22-17-32-36-26(15-25(34-28(22)36)21-6-1-3-7-23(21)30)33-19-11-13-35(14-12-19)27(37)10-9-18-16-31-24-8-4-2-5-20(18)24/h1-10,15-17,19,31,33H,11-14H2/b10-9+. The van der Waals surface area contributed by atoms with Gasteiger partial charge in [0.15, 0.2) is 5.65 Å². The van der Waals surface area contributed by atoms with Crippen molar-refractivity contribution in [3.63, 3.8) is 0 Å². The Bertz CT molecular complexity index is 1630. The lowest BCUT2D eigenvalue weighted by Gasteiger charge is -2.32. The number of fused-ring (bicyclic) bond motifs is 2. The van der Waals surface area contributed by atoms with Gasteiger partial charge in [-0.1, -0.05) is 48.0 Å². The summed E-state index contributed by atoms with van der Waals surface area (Å²) in [6, 6.07) is 17.9. The Morgan fingerprint density at radius 3 is 2.76 bits per heavy atom. The summed E-state index contributed by atoms with van der Waals surface area (Å²) in [7, 11) is 0. The first-order chi connectivity index (χ1) is 18.1. The smallest absolute Gasteiger partial charge is 0.246 e. The molecule has 2 N–H and O–H groups in total. The number of hydrogen-bond acceptors (Lipinski definition) is 4. The van der Waals surface area contributed by atoms with Gasteiger partial charge in [0.2, 0.25) is 5.91 Å². The maximum atomic E-state index is 12.9. The van der Waals surface area contributed by atoms with Gasteiger partial charge in [0.05, 0.1) is 16.4 Å². The van der Waals surface area contributed by atoms with Crippen LogP contribution < -0.4 is 5.32 Å². The highest BCUT2D eigenvalue weighted by molar-refractivity contribution is 9.10. The molecule has 5 aromatic rings. The van der Waals surface area contributed by atoms with Crippen LogP contribution in [0.5, 0.6) is 0 Å². The number of para-hydroxylation sites is 1. The van der Waals surface area contributed by atoms with E-state index in [1.165, 1.54) is 0 Å². The number of carbonyl (C=O) groups is 1. The van der Waals surface area contributed by atoms with Crippen LogP contribution in [0.3, 0.4) is 0 Å². The molecule has 4 heterocycles. The Hall–Kier alpha value is -3.62. The zero-order chi connectivity index (χ0) is 25.4. The van der Waals surface area contributed by atoms with Crippen molar-refractivity contribution in [1.29, 1.82) is 0 Å². The van der Waals surface area contributed by atoms with Gasteiger partial charge < -0.3 is 15.2 Å². The number of likely N-dealkylation sites (tertiary alicyclic amines) is 1. The number of nitrogens with zero attached hydrogens (tertiary/aromatic N) is 4. The van der Waals surface area contributed by atoms with Crippen LogP contribution in [0.2, 0.25) is 5.02 Å². The van der Waals surface area contributed by atoms with E-state index in [2.05, 4.69) is 37.4 Å². The van der Waals surface area contributed by atoms with Gasteiger partial charge in [-0.15, -0.1) is 0 Å².